The fraction of sp³-hybridized carbons (Fsp3) is 0.946. The van der Waals surface area contributed by atoms with Crippen LogP contribution in [0.3, 0.4) is 0 Å². The maximum absolute atomic E-state index is 12.8. The van der Waals surface area contributed by atoms with Crippen LogP contribution in [0.2, 0.25) is 0 Å². The van der Waals surface area contributed by atoms with E-state index in [1.165, 1.54) is 199 Å². The molecule has 0 fully saturated rings. The van der Waals surface area contributed by atoms with E-state index >= 15 is 0 Å². The summed E-state index contributed by atoms with van der Waals surface area (Å²) in [5.41, 5.74) is 0. The van der Waals surface area contributed by atoms with Gasteiger partial charge in [-0.1, -0.05) is 272 Å². The lowest BCUT2D eigenvalue weighted by molar-refractivity contribution is -0.167. The van der Waals surface area contributed by atoms with Crippen molar-refractivity contribution in [3.05, 3.63) is 0 Å². The molecule has 1 atom stereocenters. The Morgan fingerprint density at radius 2 is 0.532 bits per heavy atom. The molecule has 0 saturated carbocycles. The first-order valence-electron chi connectivity index (χ1n) is 27.7. The highest BCUT2D eigenvalue weighted by molar-refractivity contribution is 5.71. The molecule has 0 rings (SSSR count). The monoisotopic (exact) mass is 877 g/mol. The van der Waals surface area contributed by atoms with Gasteiger partial charge in [0.05, 0.1) is 0 Å². The molecule has 0 amide bonds. The van der Waals surface area contributed by atoms with E-state index < -0.39 is 6.10 Å². The Hall–Kier alpha value is -1.59. The van der Waals surface area contributed by atoms with E-state index in [1.54, 1.807) is 0 Å². The predicted molar refractivity (Wildman–Crippen MR) is 266 cm³/mol. The summed E-state index contributed by atoms with van der Waals surface area (Å²) in [5.74, 6) is 0.838. The SMILES string of the molecule is CCCCCCCCCCCC(=O)OC[C@@H](COC(=O)CCCCCCCCCCCCCCCCCCCCC(C)C)OC(=O)CCCCCCCCCCCCCC(C)C. The van der Waals surface area contributed by atoms with Crippen LogP contribution in [-0.2, 0) is 28.6 Å². The van der Waals surface area contributed by atoms with E-state index in [4.69, 9.17) is 14.2 Å². The molecule has 0 radical (unpaired) electrons. The molecule has 0 spiro atoms. The molecule has 0 aromatic heterocycles. The van der Waals surface area contributed by atoms with Crippen LogP contribution in [0.25, 0.3) is 0 Å². The van der Waals surface area contributed by atoms with Crippen molar-refractivity contribution in [1.29, 1.82) is 0 Å². The molecule has 0 bridgehead atoms. The summed E-state index contributed by atoms with van der Waals surface area (Å²) in [6.07, 6.45) is 51.0. The van der Waals surface area contributed by atoms with Gasteiger partial charge in [0, 0.05) is 19.3 Å². The zero-order chi connectivity index (χ0) is 45.4. The number of ether oxygens (including phenoxy) is 3. The van der Waals surface area contributed by atoms with Gasteiger partial charge < -0.3 is 14.2 Å². The Bertz CT molecular complexity index is 947. The molecule has 6 heteroatoms. The zero-order valence-electron chi connectivity index (χ0n) is 42.5. The minimum absolute atomic E-state index is 0.0632. The average Bonchev–Trinajstić information content (AvgIpc) is 3.24. The Morgan fingerprint density at radius 3 is 0.790 bits per heavy atom. The Labute approximate surface area is 387 Å². The molecular formula is C56H108O6. The Balaban J connectivity index is 4.18. The van der Waals surface area contributed by atoms with Crippen molar-refractivity contribution in [3.8, 4) is 0 Å². The van der Waals surface area contributed by atoms with Crippen LogP contribution in [0.15, 0.2) is 0 Å². The van der Waals surface area contributed by atoms with Crippen molar-refractivity contribution in [2.75, 3.05) is 13.2 Å². The first-order valence-corrected chi connectivity index (χ1v) is 27.7. The van der Waals surface area contributed by atoms with Crippen LogP contribution in [-0.4, -0.2) is 37.2 Å². The minimum atomic E-state index is -0.761. The summed E-state index contributed by atoms with van der Waals surface area (Å²) in [6, 6.07) is 0. The van der Waals surface area contributed by atoms with Crippen LogP contribution in [0.5, 0.6) is 0 Å². The third kappa shape index (κ3) is 49.4. The van der Waals surface area contributed by atoms with Gasteiger partial charge in [-0.3, -0.25) is 14.4 Å². The molecule has 62 heavy (non-hydrogen) atoms. The molecule has 0 N–H and O–H groups in total. The van der Waals surface area contributed by atoms with Crippen molar-refractivity contribution in [1.82, 2.24) is 0 Å². The van der Waals surface area contributed by atoms with Crippen molar-refractivity contribution in [2.45, 2.75) is 317 Å². The number of carbonyl (C=O) groups is 3. The second-order valence-electron chi connectivity index (χ2n) is 20.2. The fourth-order valence-corrected chi connectivity index (χ4v) is 8.52. The molecule has 0 aromatic carbocycles. The quantitative estimate of drug-likeness (QED) is 0.0344. The van der Waals surface area contributed by atoms with Crippen LogP contribution in [0.4, 0.5) is 0 Å². The highest BCUT2D eigenvalue weighted by atomic mass is 16.6. The lowest BCUT2D eigenvalue weighted by Gasteiger charge is -2.18. The number of hydrogen-bond acceptors (Lipinski definition) is 6. The van der Waals surface area contributed by atoms with Crippen LogP contribution in [0.1, 0.15) is 311 Å². The highest BCUT2D eigenvalue weighted by Gasteiger charge is 2.19. The van der Waals surface area contributed by atoms with Crippen molar-refractivity contribution in [2.24, 2.45) is 11.8 Å². The molecule has 0 aliphatic carbocycles. The molecule has 0 unspecified atom stereocenters. The van der Waals surface area contributed by atoms with E-state index in [2.05, 4.69) is 34.6 Å². The Morgan fingerprint density at radius 1 is 0.306 bits per heavy atom. The zero-order valence-corrected chi connectivity index (χ0v) is 42.5. The molecule has 0 aliphatic rings. The molecule has 0 aliphatic heterocycles. The van der Waals surface area contributed by atoms with Gasteiger partial charge in [0.1, 0.15) is 13.2 Å². The second-order valence-corrected chi connectivity index (χ2v) is 20.2. The maximum Gasteiger partial charge on any atom is 0.306 e. The summed E-state index contributed by atoms with van der Waals surface area (Å²) in [5, 5.41) is 0. The summed E-state index contributed by atoms with van der Waals surface area (Å²) < 4.78 is 16.8. The van der Waals surface area contributed by atoms with Gasteiger partial charge in [0.25, 0.3) is 0 Å². The number of carbonyl (C=O) groups excluding carboxylic acids is 3. The van der Waals surface area contributed by atoms with Crippen LogP contribution < -0.4 is 0 Å². The highest BCUT2D eigenvalue weighted by Crippen LogP contribution is 2.18. The van der Waals surface area contributed by atoms with E-state index in [9.17, 15) is 14.4 Å². The third-order valence-corrected chi connectivity index (χ3v) is 12.7. The van der Waals surface area contributed by atoms with E-state index in [1.807, 2.05) is 0 Å². The third-order valence-electron chi connectivity index (χ3n) is 12.7. The van der Waals surface area contributed by atoms with Crippen LogP contribution in [0, 0.1) is 11.8 Å². The average molecular weight is 877 g/mol. The fourth-order valence-electron chi connectivity index (χ4n) is 8.52. The van der Waals surface area contributed by atoms with Gasteiger partial charge in [0.2, 0.25) is 0 Å². The molecular weight excluding hydrogens is 769 g/mol. The number of unbranched alkanes of at least 4 members (excludes halogenated alkanes) is 35. The first kappa shape index (κ1) is 60.4. The van der Waals surface area contributed by atoms with E-state index in [0.29, 0.717) is 19.3 Å². The normalized spacial score (nSPS) is 12.0. The van der Waals surface area contributed by atoms with Crippen LogP contribution >= 0.6 is 0 Å². The van der Waals surface area contributed by atoms with Crippen molar-refractivity contribution in [3.63, 3.8) is 0 Å². The number of hydrogen-bond donors (Lipinski definition) is 0. The van der Waals surface area contributed by atoms with E-state index in [0.717, 1.165) is 69.6 Å². The van der Waals surface area contributed by atoms with Gasteiger partial charge in [-0.15, -0.1) is 0 Å². The topological polar surface area (TPSA) is 78.9 Å². The minimum Gasteiger partial charge on any atom is -0.462 e. The lowest BCUT2D eigenvalue weighted by Crippen LogP contribution is -2.30. The lowest BCUT2D eigenvalue weighted by atomic mass is 10.0. The summed E-state index contributed by atoms with van der Waals surface area (Å²) >= 11 is 0. The van der Waals surface area contributed by atoms with Gasteiger partial charge in [0.15, 0.2) is 6.10 Å². The van der Waals surface area contributed by atoms with Crippen molar-refractivity contribution >= 4 is 17.9 Å². The van der Waals surface area contributed by atoms with E-state index in [-0.39, 0.29) is 31.1 Å². The van der Waals surface area contributed by atoms with Gasteiger partial charge in [-0.05, 0) is 31.1 Å². The standard InChI is InChI=1S/C56H108O6/c1-6-7-8-9-10-24-31-36-41-46-54(57)60-49-53(62-56(59)48-43-38-33-28-23-19-21-26-30-35-40-45-52(4)5)50-61-55(58)47-42-37-32-27-22-18-16-14-12-11-13-15-17-20-25-29-34-39-44-51(2)3/h51-53H,6-50H2,1-5H3/t53-/m0/s1. The second kappa shape index (κ2) is 48.9. The molecule has 0 heterocycles. The number of esters is 3. The first-order chi connectivity index (χ1) is 30.2. The molecule has 6 nitrogen and oxygen atoms in total. The molecule has 368 valence electrons. The molecule has 0 aromatic rings. The van der Waals surface area contributed by atoms with Gasteiger partial charge in [-0.25, -0.2) is 0 Å². The Kier molecular flexibility index (Phi) is 47.6. The largest absolute Gasteiger partial charge is 0.462 e. The predicted octanol–water partition coefficient (Wildman–Crippen LogP) is 18.1. The molecule has 0 saturated heterocycles. The summed E-state index contributed by atoms with van der Waals surface area (Å²) in [4.78, 5) is 37.9. The summed E-state index contributed by atoms with van der Waals surface area (Å²) in [7, 11) is 0. The van der Waals surface area contributed by atoms with Gasteiger partial charge >= 0.3 is 17.9 Å². The van der Waals surface area contributed by atoms with Crippen molar-refractivity contribution < 1.29 is 28.6 Å². The smallest absolute Gasteiger partial charge is 0.306 e. The maximum atomic E-state index is 12.8. The summed E-state index contributed by atoms with van der Waals surface area (Å²) in [6.45, 7) is 11.4. The number of rotatable bonds is 50. The van der Waals surface area contributed by atoms with Gasteiger partial charge in [-0.2, -0.15) is 0 Å².